The van der Waals surface area contributed by atoms with E-state index in [-0.39, 0.29) is 37.2 Å². The molecule has 0 bridgehead atoms. The van der Waals surface area contributed by atoms with E-state index in [1.807, 2.05) is 26.8 Å². The van der Waals surface area contributed by atoms with E-state index in [2.05, 4.69) is 10.6 Å². The maximum Gasteiger partial charge on any atom is 0.408 e. The number of rotatable bonds is 14. The summed E-state index contributed by atoms with van der Waals surface area (Å²) in [6, 6.07) is 7.82. The van der Waals surface area contributed by atoms with Crippen LogP contribution in [0.15, 0.2) is 30.3 Å². The van der Waals surface area contributed by atoms with Crippen molar-refractivity contribution in [2.45, 2.75) is 59.6 Å². The smallest absolute Gasteiger partial charge is 0.408 e. The zero-order valence-corrected chi connectivity index (χ0v) is 23.4. The van der Waals surface area contributed by atoms with E-state index in [0.717, 1.165) is 12.0 Å². The minimum absolute atomic E-state index is 0.0203. The fourth-order valence-electron chi connectivity index (χ4n) is 2.85. The molecule has 0 unspecified atom stereocenters. The number of ketones is 2. The Morgan fingerprint density at radius 1 is 1.05 bits per heavy atom. The maximum absolute atomic E-state index is 12.5. The number of nitrogens with one attached hydrogen (secondary N) is 2. The summed E-state index contributed by atoms with van der Waals surface area (Å²) in [7, 11) is 2.23. The molecule has 4 N–H and O–H groups in total. The predicted molar refractivity (Wildman–Crippen MR) is 145 cm³/mol. The first kappa shape index (κ1) is 34.7. The Kier molecular flexibility index (Phi) is 19.8. The highest BCUT2D eigenvalue weighted by atomic mass is 19.1. The quantitative estimate of drug-likeness (QED) is 0.328. The molecule has 0 spiro atoms. The molecule has 3 atom stereocenters. The van der Waals surface area contributed by atoms with Crippen LogP contribution in [-0.4, -0.2) is 74.8 Å². The second-order valence-corrected chi connectivity index (χ2v) is 8.70. The molecule has 0 aromatic heterocycles. The van der Waals surface area contributed by atoms with Crippen LogP contribution < -0.4 is 16.4 Å². The van der Waals surface area contributed by atoms with Crippen LogP contribution >= 0.6 is 0 Å². The molecule has 0 heterocycles. The van der Waals surface area contributed by atoms with Gasteiger partial charge in [0.05, 0.1) is 28.0 Å². The first-order valence-corrected chi connectivity index (χ1v) is 12.4. The Bertz CT molecular complexity index is 875. The molecule has 1 aromatic carbocycles. The molecular formula is C27H45FN4O6. The van der Waals surface area contributed by atoms with Crippen LogP contribution in [0.1, 0.15) is 53.9 Å². The van der Waals surface area contributed by atoms with Gasteiger partial charge in [0.15, 0.2) is 5.78 Å². The number of Topliss-reactive ketones (excluding diaryl/α,β-unsaturated/α-hetero) is 2. The molecule has 1 rings (SSSR count). The average molecular weight is 542 g/mol. The number of likely N-dealkylation sites (N-methyl/N-ethyl adjacent to an activating group) is 2. The number of hydrogen-bond acceptors (Lipinski definition) is 7. The van der Waals surface area contributed by atoms with Gasteiger partial charge in [-0.15, -0.1) is 0 Å². The molecule has 0 fully saturated rings. The number of ether oxygens (including phenoxy) is 1. The van der Waals surface area contributed by atoms with E-state index < -0.39 is 31.1 Å². The normalized spacial score (nSPS) is 12.6. The Morgan fingerprint density at radius 2 is 1.58 bits per heavy atom. The van der Waals surface area contributed by atoms with Crippen molar-refractivity contribution in [1.82, 2.24) is 15.5 Å². The number of hydrogen-bond donors (Lipinski definition) is 3. The minimum Gasteiger partial charge on any atom is -0.445 e. The van der Waals surface area contributed by atoms with Gasteiger partial charge in [0.2, 0.25) is 11.8 Å². The van der Waals surface area contributed by atoms with E-state index in [0.29, 0.717) is 18.7 Å². The number of nitrogens with two attached hydrogens (primary N) is 1. The Hall–Kier alpha value is -3.34. The van der Waals surface area contributed by atoms with E-state index in [1.54, 1.807) is 38.2 Å². The maximum atomic E-state index is 12.5. The van der Waals surface area contributed by atoms with Crippen molar-refractivity contribution in [2.75, 3.05) is 34.3 Å². The molecule has 10 nitrogen and oxygen atoms in total. The number of halogens is 1. The van der Waals surface area contributed by atoms with Crippen LogP contribution in [0.25, 0.3) is 0 Å². The number of primary amides is 1. The Labute approximate surface area is 227 Å². The van der Waals surface area contributed by atoms with Gasteiger partial charge < -0.3 is 26.0 Å². The van der Waals surface area contributed by atoms with Gasteiger partial charge in [0, 0.05) is 18.9 Å². The molecule has 0 aliphatic rings. The third-order valence-corrected chi connectivity index (χ3v) is 5.65. The zero-order valence-electron chi connectivity index (χ0n) is 24.4. The summed E-state index contributed by atoms with van der Waals surface area (Å²) in [5.74, 6) is -1.09. The van der Waals surface area contributed by atoms with Crippen molar-refractivity contribution in [3.63, 3.8) is 0 Å². The number of alkyl carbamates (subject to hydrolysis) is 1. The molecule has 0 aliphatic carbocycles. The summed E-state index contributed by atoms with van der Waals surface area (Å²) >= 11 is 0. The van der Waals surface area contributed by atoms with Crippen molar-refractivity contribution in [3.05, 3.63) is 35.9 Å². The lowest BCUT2D eigenvalue weighted by Crippen LogP contribution is -2.50. The summed E-state index contributed by atoms with van der Waals surface area (Å²) in [6.07, 6.45) is 0.372. The molecule has 216 valence electrons. The first-order chi connectivity index (χ1) is 18.4. The lowest BCUT2D eigenvalue weighted by molar-refractivity contribution is -0.137. The summed E-state index contributed by atoms with van der Waals surface area (Å²) < 4.78 is 20.6. The van der Waals surface area contributed by atoms with Gasteiger partial charge >= 0.3 is 6.09 Å². The standard InChI is InChI=1S/C19H27N3O5.C7H15NO.CH3F/c1-4-13(2)16(23)11-22(3)18(25)15(10-17(20)24)21-19(26)27-12-14-8-6-5-7-9-14;1-4-6(2)7(9)5-8-3;1-2/h5-9,13,15H,4,10-12H2,1-3H3,(H2,20,24)(H,21,26);6,8H,4-5H2,1-3H3;1H3/t13-,15-;6-;/m00./s1/i;;1D. The van der Waals surface area contributed by atoms with E-state index in [4.69, 9.17) is 11.8 Å². The summed E-state index contributed by atoms with van der Waals surface area (Å²) in [5, 5.41) is 5.18. The molecule has 1 aromatic rings. The molecule has 0 radical (unpaired) electrons. The second-order valence-electron chi connectivity index (χ2n) is 8.70. The molecule has 0 saturated heterocycles. The highest BCUT2D eigenvalue weighted by Gasteiger charge is 2.28. The van der Waals surface area contributed by atoms with Crippen LogP contribution in [0, 0.1) is 11.8 Å². The van der Waals surface area contributed by atoms with E-state index in [9.17, 15) is 28.4 Å². The van der Waals surface area contributed by atoms with Crippen LogP contribution in [0.2, 0.25) is 0 Å². The molecular weight excluding hydrogens is 495 g/mol. The zero-order chi connectivity index (χ0) is 30.4. The van der Waals surface area contributed by atoms with Gasteiger partial charge in [-0.1, -0.05) is 58.0 Å². The topological polar surface area (TPSA) is 148 Å². The third kappa shape index (κ3) is 16.4. The molecule has 0 saturated carbocycles. The van der Waals surface area contributed by atoms with Crippen molar-refractivity contribution in [3.8, 4) is 0 Å². The minimum atomic E-state index is -1.19. The Morgan fingerprint density at radius 3 is 2.05 bits per heavy atom. The largest absolute Gasteiger partial charge is 0.445 e. The average Bonchev–Trinajstić information content (AvgIpc) is 2.91. The highest BCUT2D eigenvalue weighted by molar-refractivity contribution is 5.93. The number of nitrogens with zero attached hydrogens (tertiary/aromatic N) is 1. The lowest BCUT2D eigenvalue weighted by atomic mass is 10.0. The monoisotopic (exact) mass is 541 g/mol. The third-order valence-electron chi connectivity index (χ3n) is 5.65. The number of alkyl halides is 1. The number of carbonyl (C=O) groups is 5. The molecule has 38 heavy (non-hydrogen) atoms. The number of carbonyl (C=O) groups excluding carboxylic acids is 5. The molecule has 11 heteroatoms. The van der Waals surface area contributed by atoms with Gasteiger partial charge in [-0.2, -0.15) is 0 Å². The van der Waals surface area contributed by atoms with Crippen molar-refractivity contribution >= 4 is 29.5 Å². The summed E-state index contributed by atoms with van der Waals surface area (Å²) in [4.78, 5) is 59.9. The van der Waals surface area contributed by atoms with Gasteiger partial charge in [-0.3, -0.25) is 23.6 Å². The van der Waals surface area contributed by atoms with Crippen molar-refractivity contribution in [2.24, 2.45) is 17.6 Å². The Balaban J connectivity index is 0. The SMILES string of the molecule is CC[C@H](C)C(=O)CN(C)C(=O)[C@H](CC(N)=O)NC(=O)OCc1ccccc1.CC[C@H](C)C(=O)CNC.[2H]CF. The van der Waals surface area contributed by atoms with Crippen LogP contribution in [0.3, 0.4) is 0 Å². The van der Waals surface area contributed by atoms with Gasteiger partial charge in [0.1, 0.15) is 18.4 Å². The molecule has 3 amide bonds. The summed E-state index contributed by atoms with van der Waals surface area (Å²) in [6.45, 7) is 8.06. The number of amides is 3. The first-order valence-electron chi connectivity index (χ1n) is 13.1. The van der Waals surface area contributed by atoms with Gasteiger partial charge in [-0.25, -0.2) is 4.79 Å². The molecule has 0 aliphatic heterocycles. The van der Waals surface area contributed by atoms with Crippen LogP contribution in [0.4, 0.5) is 9.18 Å². The van der Waals surface area contributed by atoms with Gasteiger partial charge in [-0.05, 0) is 25.5 Å². The van der Waals surface area contributed by atoms with Crippen LogP contribution in [0.5, 0.6) is 0 Å². The second kappa shape index (κ2) is 21.7. The summed E-state index contributed by atoms with van der Waals surface area (Å²) in [5.41, 5.74) is 5.95. The van der Waals surface area contributed by atoms with Crippen molar-refractivity contribution < 1.29 is 34.5 Å². The van der Waals surface area contributed by atoms with Crippen LogP contribution in [-0.2, 0) is 30.5 Å². The number of benzene rings is 1. The predicted octanol–water partition coefficient (Wildman–Crippen LogP) is 2.64. The highest BCUT2D eigenvalue weighted by Crippen LogP contribution is 2.06. The van der Waals surface area contributed by atoms with Crippen molar-refractivity contribution in [1.29, 1.82) is 0 Å². The van der Waals surface area contributed by atoms with E-state index >= 15 is 0 Å². The van der Waals surface area contributed by atoms with Gasteiger partial charge in [0.25, 0.3) is 0 Å². The fourth-order valence-corrected chi connectivity index (χ4v) is 2.85. The fraction of sp³-hybridized carbons (Fsp3) is 0.593. The van der Waals surface area contributed by atoms with E-state index in [1.165, 1.54) is 11.9 Å². The lowest BCUT2D eigenvalue weighted by Gasteiger charge is -2.24.